The third kappa shape index (κ3) is 3.99. The second-order valence-corrected chi connectivity index (χ2v) is 5.84. The topological polar surface area (TPSA) is 21.3 Å². The molecule has 0 aliphatic rings. The van der Waals surface area contributed by atoms with Crippen LogP contribution in [0.4, 0.5) is 0 Å². The Hall–Kier alpha value is -1.51. The van der Waals surface area contributed by atoms with Crippen LogP contribution in [0.15, 0.2) is 36.4 Å². The molecule has 0 aromatic heterocycles. The van der Waals surface area contributed by atoms with Crippen molar-refractivity contribution in [2.45, 2.75) is 33.4 Å². The molecule has 0 saturated carbocycles. The van der Waals surface area contributed by atoms with Gasteiger partial charge in [0, 0.05) is 16.6 Å². The molecule has 112 valence electrons. The molecule has 2 nitrogen and oxygen atoms in total. The highest BCUT2D eigenvalue weighted by molar-refractivity contribution is 6.30. The van der Waals surface area contributed by atoms with Gasteiger partial charge in [-0.15, -0.1) is 0 Å². The van der Waals surface area contributed by atoms with Crippen LogP contribution in [-0.2, 0) is 6.61 Å². The van der Waals surface area contributed by atoms with Gasteiger partial charge in [0.05, 0.1) is 0 Å². The number of ether oxygens (including phenoxy) is 1. The fraction of sp³-hybridized carbons (Fsp3) is 0.333. The Bertz CT molecular complexity index is 625. The van der Waals surface area contributed by atoms with Gasteiger partial charge in [-0.2, -0.15) is 0 Å². The lowest BCUT2D eigenvalue weighted by Gasteiger charge is -2.17. The summed E-state index contributed by atoms with van der Waals surface area (Å²) in [7, 11) is 1.93. The van der Waals surface area contributed by atoms with E-state index >= 15 is 0 Å². The van der Waals surface area contributed by atoms with Gasteiger partial charge in [0.1, 0.15) is 12.4 Å². The summed E-state index contributed by atoms with van der Waals surface area (Å²) in [5.41, 5.74) is 4.84. The monoisotopic (exact) mass is 303 g/mol. The predicted octanol–water partition coefficient (Wildman–Crippen LogP) is 4.82. The first-order valence-electron chi connectivity index (χ1n) is 7.17. The Morgan fingerprint density at radius 3 is 2.52 bits per heavy atom. The minimum absolute atomic E-state index is 0.193. The first kappa shape index (κ1) is 15.9. The van der Waals surface area contributed by atoms with Gasteiger partial charge in [-0.3, -0.25) is 0 Å². The summed E-state index contributed by atoms with van der Waals surface area (Å²) in [4.78, 5) is 0. The molecular formula is C18H22ClNO. The molecule has 0 aliphatic heterocycles. The largest absolute Gasteiger partial charge is 0.489 e. The fourth-order valence-corrected chi connectivity index (χ4v) is 2.38. The number of rotatable bonds is 5. The first-order valence-corrected chi connectivity index (χ1v) is 7.54. The summed E-state index contributed by atoms with van der Waals surface area (Å²) in [5.74, 6) is 0.875. The van der Waals surface area contributed by atoms with Gasteiger partial charge in [0.25, 0.3) is 0 Å². The minimum atomic E-state index is 0.193. The van der Waals surface area contributed by atoms with Crippen LogP contribution in [0.3, 0.4) is 0 Å². The molecule has 0 saturated heterocycles. The molecule has 0 fully saturated rings. The molecule has 3 heteroatoms. The van der Waals surface area contributed by atoms with Crippen molar-refractivity contribution >= 4 is 11.6 Å². The zero-order valence-electron chi connectivity index (χ0n) is 13.0. The lowest BCUT2D eigenvalue weighted by molar-refractivity contribution is 0.300. The maximum Gasteiger partial charge on any atom is 0.124 e. The van der Waals surface area contributed by atoms with Crippen LogP contribution < -0.4 is 10.1 Å². The van der Waals surface area contributed by atoms with E-state index in [-0.39, 0.29) is 6.04 Å². The zero-order valence-corrected chi connectivity index (χ0v) is 13.8. The third-order valence-corrected chi connectivity index (χ3v) is 4.07. The standard InChI is InChI=1S/C18H22ClNO/c1-12-5-6-15(9-13(12)2)11-21-18-8-7-16(19)10-17(18)14(3)20-4/h5-10,14,20H,11H2,1-4H3. The Morgan fingerprint density at radius 1 is 1.10 bits per heavy atom. The summed E-state index contributed by atoms with van der Waals surface area (Å²) >= 11 is 6.09. The Kier molecular flexibility index (Phi) is 5.27. The number of nitrogens with one attached hydrogen (secondary N) is 1. The van der Waals surface area contributed by atoms with E-state index in [2.05, 4.69) is 44.3 Å². The minimum Gasteiger partial charge on any atom is -0.489 e. The molecule has 0 bridgehead atoms. The van der Waals surface area contributed by atoms with E-state index in [1.54, 1.807) is 0 Å². The Morgan fingerprint density at radius 2 is 1.86 bits per heavy atom. The van der Waals surface area contributed by atoms with Crippen molar-refractivity contribution in [3.05, 3.63) is 63.7 Å². The molecule has 2 rings (SSSR count). The van der Waals surface area contributed by atoms with Crippen LogP contribution >= 0.6 is 11.6 Å². The Balaban J connectivity index is 2.17. The number of hydrogen-bond donors (Lipinski definition) is 1. The summed E-state index contributed by atoms with van der Waals surface area (Å²) < 4.78 is 6.00. The second-order valence-electron chi connectivity index (χ2n) is 5.40. The van der Waals surface area contributed by atoms with E-state index in [0.717, 1.165) is 16.3 Å². The first-order chi connectivity index (χ1) is 10.0. The van der Waals surface area contributed by atoms with Crippen molar-refractivity contribution in [3.63, 3.8) is 0 Å². The molecule has 1 N–H and O–H groups in total. The summed E-state index contributed by atoms with van der Waals surface area (Å²) in [6.45, 7) is 6.89. The van der Waals surface area contributed by atoms with Crippen LogP contribution in [0.5, 0.6) is 5.75 Å². The average molecular weight is 304 g/mol. The highest BCUT2D eigenvalue weighted by Gasteiger charge is 2.11. The molecule has 0 amide bonds. The van der Waals surface area contributed by atoms with Gasteiger partial charge >= 0.3 is 0 Å². The molecule has 0 aliphatic carbocycles. The molecule has 2 aromatic rings. The van der Waals surface area contributed by atoms with Gasteiger partial charge in [-0.1, -0.05) is 29.8 Å². The van der Waals surface area contributed by atoms with Crippen LogP contribution in [0.1, 0.15) is 35.2 Å². The quantitative estimate of drug-likeness (QED) is 0.855. The van der Waals surface area contributed by atoms with E-state index in [1.165, 1.54) is 16.7 Å². The number of benzene rings is 2. The smallest absolute Gasteiger partial charge is 0.124 e. The molecule has 1 atom stereocenters. The van der Waals surface area contributed by atoms with Crippen molar-refractivity contribution in [1.29, 1.82) is 0 Å². The molecule has 0 spiro atoms. The maximum atomic E-state index is 6.09. The van der Waals surface area contributed by atoms with E-state index < -0.39 is 0 Å². The van der Waals surface area contributed by atoms with E-state index in [0.29, 0.717) is 6.61 Å². The highest BCUT2D eigenvalue weighted by atomic mass is 35.5. The number of halogens is 1. The lowest BCUT2D eigenvalue weighted by Crippen LogP contribution is -2.13. The van der Waals surface area contributed by atoms with Crippen molar-refractivity contribution in [2.24, 2.45) is 0 Å². The van der Waals surface area contributed by atoms with Gasteiger partial charge in [0.2, 0.25) is 0 Å². The fourth-order valence-electron chi connectivity index (χ4n) is 2.20. The number of hydrogen-bond acceptors (Lipinski definition) is 2. The second kappa shape index (κ2) is 6.97. The van der Waals surface area contributed by atoms with Crippen LogP contribution in [-0.4, -0.2) is 7.05 Å². The van der Waals surface area contributed by atoms with Crippen LogP contribution in [0.25, 0.3) is 0 Å². The van der Waals surface area contributed by atoms with Crippen molar-refractivity contribution in [2.75, 3.05) is 7.05 Å². The van der Waals surface area contributed by atoms with E-state index in [4.69, 9.17) is 16.3 Å². The normalized spacial score (nSPS) is 12.2. The predicted molar refractivity (Wildman–Crippen MR) is 89.2 cm³/mol. The summed E-state index contributed by atoms with van der Waals surface area (Å²) in [6.07, 6.45) is 0. The van der Waals surface area contributed by atoms with Crippen molar-refractivity contribution < 1.29 is 4.74 Å². The van der Waals surface area contributed by atoms with Gasteiger partial charge in [-0.25, -0.2) is 0 Å². The Labute approximate surface area is 132 Å². The molecule has 21 heavy (non-hydrogen) atoms. The van der Waals surface area contributed by atoms with Crippen molar-refractivity contribution in [1.82, 2.24) is 5.32 Å². The van der Waals surface area contributed by atoms with Gasteiger partial charge in [0.15, 0.2) is 0 Å². The summed E-state index contributed by atoms with van der Waals surface area (Å²) in [5, 5.41) is 3.95. The van der Waals surface area contributed by atoms with E-state index in [9.17, 15) is 0 Å². The number of aryl methyl sites for hydroxylation is 2. The molecule has 0 radical (unpaired) electrons. The van der Waals surface area contributed by atoms with E-state index in [1.807, 2.05) is 25.2 Å². The van der Waals surface area contributed by atoms with Crippen LogP contribution in [0, 0.1) is 13.8 Å². The van der Waals surface area contributed by atoms with Crippen LogP contribution in [0.2, 0.25) is 5.02 Å². The van der Waals surface area contributed by atoms with Gasteiger partial charge < -0.3 is 10.1 Å². The summed E-state index contributed by atoms with van der Waals surface area (Å²) in [6, 6.07) is 12.4. The molecule has 1 unspecified atom stereocenters. The third-order valence-electron chi connectivity index (χ3n) is 3.84. The maximum absolute atomic E-state index is 6.09. The zero-order chi connectivity index (χ0) is 15.4. The van der Waals surface area contributed by atoms with Gasteiger partial charge in [-0.05, 0) is 62.7 Å². The highest BCUT2D eigenvalue weighted by Crippen LogP contribution is 2.29. The molecule has 2 aromatic carbocycles. The molecule has 0 heterocycles. The SMILES string of the molecule is CNC(C)c1cc(Cl)ccc1OCc1ccc(C)c(C)c1. The lowest BCUT2D eigenvalue weighted by atomic mass is 10.1. The van der Waals surface area contributed by atoms with Crippen molar-refractivity contribution in [3.8, 4) is 5.75 Å². The average Bonchev–Trinajstić information content (AvgIpc) is 2.48. The molecular weight excluding hydrogens is 282 g/mol.